The number of esters is 1. The Kier molecular flexibility index (Phi) is 7.82. The summed E-state index contributed by atoms with van der Waals surface area (Å²) in [4.78, 5) is 38.5. The Hall–Kier alpha value is -2.37. The molecule has 0 unspecified atom stereocenters. The highest BCUT2D eigenvalue weighted by Gasteiger charge is 2.31. The fourth-order valence-electron chi connectivity index (χ4n) is 3.54. The molecule has 1 saturated carbocycles. The van der Waals surface area contributed by atoms with Crippen LogP contribution in [0.1, 0.15) is 56.8 Å². The van der Waals surface area contributed by atoms with Crippen molar-refractivity contribution >= 4 is 23.5 Å². The maximum absolute atomic E-state index is 12.5. The average Bonchev–Trinajstić information content (AvgIpc) is 2.69. The summed E-state index contributed by atoms with van der Waals surface area (Å²) in [7, 11) is 0. The van der Waals surface area contributed by atoms with Gasteiger partial charge in [0.05, 0.1) is 12.2 Å². The van der Waals surface area contributed by atoms with Gasteiger partial charge in [0.1, 0.15) is 0 Å². The number of ether oxygens (including phenoxy) is 1. The highest BCUT2D eigenvalue weighted by molar-refractivity contribution is 5.94. The summed E-state index contributed by atoms with van der Waals surface area (Å²) < 4.78 is 4.95. The summed E-state index contributed by atoms with van der Waals surface area (Å²) in [6.45, 7) is 7.55. The molecule has 0 heterocycles. The molecule has 0 radical (unpaired) electrons. The molecule has 6 nitrogen and oxygen atoms in total. The van der Waals surface area contributed by atoms with Crippen LogP contribution in [0.3, 0.4) is 0 Å². The zero-order valence-corrected chi connectivity index (χ0v) is 16.5. The lowest BCUT2D eigenvalue weighted by Gasteiger charge is -2.30. The van der Waals surface area contributed by atoms with Crippen molar-refractivity contribution in [1.29, 1.82) is 0 Å². The molecule has 148 valence electrons. The number of nitrogens with one attached hydrogen (secondary N) is 1. The fourth-order valence-corrected chi connectivity index (χ4v) is 3.54. The summed E-state index contributed by atoms with van der Waals surface area (Å²) in [5.41, 5.74) is 1.12. The number of benzene rings is 1. The molecule has 0 spiro atoms. The highest BCUT2D eigenvalue weighted by atomic mass is 16.5. The molecule has 6 heteroatoms. The van der Waals surface area contributed by atoms with E-state index in [1.807, 2.05) is 18.7 Å². The summed E-state index contributed by atoms with van der Waals surface area (Å²) >= 11 is 0. The van der Waals surface area contributed by atoms with Crippen LogP contribution in [-0.4, -0.2) is 42.4 Å². The number of carbonyl (C=O) groups is 3. The molecular weight excluding hydrogens is 344 g/mol. The summed E-state index contributed by atoms with van der Waals surface area (Å²) in [6.07, 6.45) is 2.97. The molecule has 0 bridgehead atoms. The van der Waals surface area contributed by atoms with Crippen molar-refractivity contribution in [1.82, 2.24) is 4.90 Å². The molecule has 2 rings (SSSR count). The molecular formula is C21H30N2O4. The monoisotopic (exact) mass is 374 g/mol. The van der Waals surface area contributed by atoms with Crippen LogP contribution in [0.25, 0.3) is 0 Å². The van der Waals surface area contributed by atoms with E-state index in [0.717, 1.165) is 38.8 Å². The number of hydrogen-bond donors (Lipinski definition) is 1. The van der Waals surface area contributed by atoms with E-state index in [4.69, 9.17) is 4.74 Å². The van der Waals surface area contributed by atoms with E-state index >= 15 is 0 Å². The van der Waals surface area contributed by atoms with E-state index in [1.165, 1.54) is 0 Å². The largest absolute Gasteiger partial charge is 0.462 e. The Morgan fingerprint density at radius 2 is 1.52 bits per heavy atom. The van der Waals surface area contributed by atoms with E-state index in [1.54, 1.807) is 31.2 Å². The topological polar surface area (TPSA) is 75.7 Å². The SMILES string of the molecule is CCOC(=O)c1ccc(NC(=O)C2CCC(C(=O)N(CC)CC)CC2)cc1. The number of rotatable bonds is 7. The van der Waals surface area contributed by atoms with E-state index in [-0.39, 0.29) is 29.6 Å². The van der Waals surface area contributed by atoms with Gasteiger partial charge in [-0.3, -0.25) is 9.59 Å². The quantitative estimate of drug-likeness (QED) is 0.742. The smallest absolute Gasteiger partial charge is 0.338 e. The van der Waals surface area contributed by atoms with Gasteiger partial charge in [-0.25, -0.2) is 4.79 Å². The van der Waals surface area contributed by atoms with E-state index in [2.05, 4.69) is 5.32 Å². The van der Waals surface area contributed by atoms with Gasteiger partial charge in [0, 0.05) is 30.6 Å². The maximum Gasteiger partial charge on any atom is 0.338 e. The van der Waals surface area contributed by atoms with Crippen molar-refractivity contribution in [2.75, 3.05) is 25.0 Å². The van der Waals surface area contributed by atoms with Gasteiger partial charge in [0.2, 0.25) is 11.8 Å². The van der Waals surface area contributed by atoms with E-state index < -0.39 is 0 Å². The van der Waals surface area contributed by atoms with Crippen molar-refractivity contribution in [2.24, 2.45) is 11.8 Å². The normalized spacial score (nSPS) is 19.2. The van der Waals surface area contributed by atoms with Crippen molar-refractivity contribution in [2.45, 2.75) is 46.5 Å². The van der Waals surface area contributed by atoms with Crippen molar-refractivity contribution in [3.05, 3.63) is 29.8 Å². The van der Waals surface area contributed by atoms with E-state index in [9.17, 15) is 14.4 Å². The van der Waals surface area contributed by atoms with Gasteiger partial charge in [-0.15, -0.1) is 0 Å². The lowest BCUT2D eigenvalue weighted by atomic mass is 9.81. The Labute approximate surface area is 161 Å². The van der Waals surface area contributed by atoms with Gasteiger partial charge in [-0.05, 0) is 70.7 Å². The zero-order valence-electron chi connectivity index (χ0n) is 16.5. The van der Waals surface area contributed by atoms with Crippen LogP contribution in [-0.2, 0) is 14.3 Å². The van der Waals surface area contributed by atoms with Gasteiger partial charge < -0.3 is 15.0 Å². The van der Waals surface area contributed by atoms with Crippen LogP contribution in [0.4, 0.5) is 5.69 Å². The van der Waals surface area contributed by atoms with Crippen LogP contribution in [0, 0.1) is 11.8 Å². The van der Waals surface area contributed by atoms with Crippen molar-refractivity contribution < 1.29 is 19.1 Å². The summed E-state index contributed by atoms with van der Waals surface area (Å²) in [5, 5.41) is 2.91. The minimum atomic E-state index is -0.369. The summed E-state index contributed by atoms with van der Waals surface area (Å²) in [5.74, 6) is -0.207. The first-order chi connectivity index (χ1) is 13.0. The van der Waals surface area contributed by atoms with Crippen LogP contribution in [0.2, 0.25) is 0 Å². The Balaban J connectivity index is 1.85. The van der Waals surface area contributed by atoms with Crippen LogP contribution in [0.15, 0.2) is 24.3 Å². The minimum Gasteiger partial charge on any atom is -0.462 e. The Bertz CT molecular complexity index is 645. The van der Waals surface area contributed by atoms with Gasteiger partial charge in [-0.1, -0.05) is 0 Å². The Morgan fingerprint density at radius 3 is 2.04 bits per heavy atom. The summed E-state index contributed by atoms with van der Waals surface area (Å²) in [6, 6.07) is 6.71. The number of carbonyl (C=O) groups excluding carboxylic acids is 3. The first-order valence-corrected chi connectivity index (χ1v) is 9.86. The average molecular weight is 374 g/mol. The molecule has 0 aromatic heterocycles. The minimum absolute atomic E-state index is 0.0207. The van der Waals surface area contributed by atoms with Crippen molar-refractivity contribution in [3.8, 4) is 0 Å². The van der Waals surface area contributed by atoms with Gasteiger partial charge in [0.15, 0.2) is 0 Å². The van der Waals surface area contributed by atoms with Crippen LogP contribution in [0.5, 0.6) is 0 Å². The first kappa shape index (κ1) is 20.9. The third-order valence-electron chi connectivity index (χ3n) is 5.19. The van der Waals surface area contributed by atoms with Crippen LogP contribution >= 0.6 is 0 Å². The predicted octanol–water partition coefficient (Wildman–Crippen LogP) is 3.48. The van der Waals surface area contributed by atoms with Gasteiger partial charge in [-0.2, -0.15) is 0 Å². The second kappa shape index (κ2) is 10.1. The second-order valence-electron chi connectivity index (χ2n) is 6.85. The van der Waals surface area contributed by atoms with Crippen LogP contribution < -0.4 is 5.32 Å². The molecule has 0 aliphatic heterocycles. The lowest BCUT2D eigenvalue weighted by Crippen LogP contribution is -2.38. The number of amides is 2. The maximum atomic E-state index is 12.5. The predicted molar refractivity (Wildman–Crippen MR) is 104 cm³/mol. The van der Waals surface area contributed by atoms with Gasteiger partial charge in [0.25, 0.3) is 0 Å². The molecule has 1 N–H and O–H groups in total. The molecule has 2 amide bonds. The third kappa shape index (κ3) is 5.55. The lowest BCUT2D eigenvalue weighted by molar-refractivity contribution is -0.137. The molecule has 1 aromatic carbocycles. The fraction of sp³-hybridized carbons (Fsp3) is 0.571. The first-order valence-electron chi connectivity index (χ1n) is 9.86. The molecule has 1 aliphatic carbocycles. The molecule has 1 fully saturated rings. The molecule has 27 heavy (non-hydrogen) atoms. The van der Waals surface area contributed by atoms with Crippen molar-refractivity contribution in [3.63, 3.8) is 0 Å². The standard InChI is InChI=1S/C21H30N2O4/c1-4-23(5-2)20(25)16-9-7-15(8-10-16)19(24)22-18-13-11-17(12-14-18)21(26)27-6-3/h11-16H,4-10H2,1-3H3,(H,22,24). The molecule has 0 saturated heterocycles. The third-order valence-corrected chi connectivity index (χ3v) is 5.19. The molecule has 1 aromatic rings. The molecule has 0 atom stereocenters. The van der Waals surface area contributed by atoms with E-state index in [0.29, 0.717) is 17.9 Å². The number of hydrogen-bond acceptors (Lipinski definition) is 4. The zero-order chi connectivity index (χ0) is 19.8. The molecule has 1 aliphatic rings. The number of nitrogens with zero attached hydrogens (tertiary/aromatic N) is 1. The number of anilines is 1. The Morgan fingerprint density at radius 1 is 0.963 bits per heavy atom. The van der Waals surface area contributed by atoms with Gasteiger partial charge >= 0.3 is 5.97 Å². The second-order valence-corrected chi connectivity index (χ2v) is 6.85. The highest BCUT2D eigenvalue weighted by Crippen LogP contribution is 2.31.